The molecule has 0 aliphatic carbocycles. The second kappa shape index (κ2) is 7.47. The van der Waals surface area contributed by atoms with Crippen LogP contribution in [0.4, 0.5) is 0 Å². The summed E-state index contributed by atoms with van der Waals surface area (Å²) in [5, 5.41) is 10.2. The van der Waals surface area contributed by atoms with Crippen LogP contribution in [0.1, 0.15) is 11.3 Å². The van der Waals surface area contributed by atoms with Crippen molar-refractivity contribution < 1.29 is 5.11 Å². The molecule has 3 N–H and O–H groups in total. The zero-order valence-electron chi connectivity index (χ0n) is 15.9. The van der Waals surface area contributed by atoms with Crippen LogP contribution in [0.2, 0.25) is 5.02 Å². The van der Waals surface area contributed by atoms with Crippen molar-refractivity contribution in [3.63, 3.8) is 0 Å². The van der Waals surface area contributed by atoms with Crippen LogP contribution in [0.25, 0.3) is 22.5 Å². The summed E-state index contributed by atoms with van der Waals surface area (Å²) in [4.78, 5) is 9.18. The van der Waals surface area contributed by atoms with E-state index in [1.54, 1.807) is 12.1 Å². The van der Waals surface area contributed by atoms with E-state index in [4.69, 9.17) is 17.3 Å². The van der Waals surface area contributed by atoms with Gasteiger partial charge in [-0.05, 0) is 36.9 Å². The average Bonchev–Trinajstić information content (AvgIpc) is 3.10. The van der Waals surface area contributed by atoms with Gasteiger partial charge in [-0.25, -0.2) is 4.98 Å². The molecule has 0 saturated carbocycles. The smallest absolute Gasteiger partial charge is 0.137 e. The van der Waals surface area contributed by atoms with Gasteiger partial charge >= 0.3 is 0 Å². The highest BCUT2D eigenvalue weighted by molar-refractivity contribution is 6.33. The Morgan fingerprint density at radius 2 is 1.96 bits per heavy atom. The average molecular weight is 398 g/mol. The number of likely N-dealkylation sites (N-methyl/N-ethyl adjacent to an activating group) is 1. The van der Waals surface area contributed by atoms with Crippen LogP contribution >= 0.6 is 11.6 Å². The van der Waals surface area contributed by atoms with Gasteiger partial charge in [0.2, 0.25) is 0 Å². The number of aromatic hydroxyl groups is 1. The van der Waals surface area contributed by atoms with Gasteiger partial charge in [-0.3, -0.25) is 4.40 Å². The fraction of sp³-hybridized carbons (Fsp3) is 0.286. The quantitative estimate of drug-likeness (QED) is 0.708. The Hall–Kier alpha value is -2.54. The van der Waals surface area contributed by atoms with E-state index in [9.17, 15) is 5.11 Å². The van der Waals surface area contributed by atoms with Gasteiger partial charge in [0, 0.05) is 50.0 Å². The van der Waals surface area contributed by atoms with Crippen LogP contribution in [-0.2, 0) is 6.54 Å². The van der Waals surface area contributed by atoms with Crippen LogP contribution < -0.4 is 5.73 Å². The number of pyridine rings is 1. The van der Waals surface area contributed by atoms with Crippen molar-refractivity contribution in [2.45, 2.75) is 6.54 Å². The van der Waals surface area contributed by atoms with Gasteiger partial charge in [-0.15, -0.1) is 0 Å². The molecule has 1 aliphatic rings. The van der Waals surface area contributed by atoms with E-state index in [0.717, 1.165) is 59.9 Å². The fourth-order valence-corrected chi connectivity index (χ4v) is 3.93. The van der Waals surface area contributed by atoms with Crippen LogP contribution in [-0.4, -0.2) is 57.5 Å². The lowest BCUT2D eigenvalue weighted by Crippen LogP contribution is -2.43. The molecule has 146 valence electrons. The molecular weight excluding hydrogens is 374 g/mol. The number of piperazine rings is 1. The maximum Gasteiger partial charge on any atom is 0.137 e. The van der Waals surface area contributed by atoms with E-state index in [-0.39, 0.29) is 5.75 Å². The molecular formula is C21H24ClN5O. The van der Waals surface area contributed by atoms with E-state index < -0.39 is 0 Å². The molecule has 3 heterocycles. The monoisotopic (exact) mass is 397 g/mol. The second-order valence-corrected chi connectivity index (χ2v) is 7.60. The van der Waals surface area contributed by atoms with Crippen molar-refractivity contribution in [2.75, 3.05) is 33.2 Å². The van der Waals surface area contributed by atoms with Crippen LogP contribution in [0.5, 0.6) is 5.75 Å². The van der Waals surface area contributed by atoms with Crippen molar-refractivity contribution >= 4 is 22.9 Å². The van der Waals surface area contributed by atoms with E-state index >= 15 is 0 Å². The third-order valence-electron chi connectivity index (χ3n) is 5.38. The van der Waals surface area contributed by atoms with Crippen LogP contribution in [0.15, 0.2) is 43.2 Å². The van der Waals surface area contributed by atoms with Crippen molar-refractivity contribution in [3.05, 3.63) is 59.5 Å². The molecule has 3 aromatic rings. The summed E-state index contributed by atoms with van der Waals surface area (Å²) in [7, 11) is 2.14. The molecule has 4 rings (SSSR count). The first-order chi connectivity index (χ1) is 13.5. The van der Waals surface area contributed by atoms with E-state index in [1.807, 2.05) is 28.9 Å². The van der Waals surface area contributed by atoms with Gasteiger partial charge in [0.25, 0.3) is 0 Å². The molecule has 1 saturated heterocycles. The number of rotatable bonds is 4. The maximum absolute atomic E-state index is 9.68. The molecule has 28 heavy (non-hydrogen) atoms. The van der Waals surface area contributed by atoms with E-state index in [0.29, 0.717) is 11.6 Å². The zero-order chi connectivity index (χ0) is 19.8. The Morgan fingerprint density at radius 1 is 1.21 bits per heavy atom. The number of aromatic nitrogens is 2. The summed E-state index contributed by atoms with van der Waals surface area (Å²) in [6.45, 7) is 8.62. The van der Waals surface area contributed by atoms with Gasteiger partial charge in [-0.2, -0.15) is 0 Å². The lowest BCUT2D eigenvalue weighted by atomic mass is 10.0. The van der Waals surface area contributed by atoms with E-state index in [2.05, 4.69) is 28.4 Å². The number of nitrogens with two attached hydrogens (primary N) is 1. The number of nitrogens with zero attached hydrogens (tertiary/aromatic N) is 4. The third kappa shape index (κ3) is 3.35. The molecule has 0 atom stereocenters. The minimum atomic E-state index is 0.135. The summed E-state index contributed by atoms with van der Waals surface area (Å²) >= 11 is 6.40. The lowest BCUT2D eigenvalue weighted by molar-refractivity contribution is 0.207. The molecule has 0 amide bonds. The fourth-order valence-electron chi connectivity index (χ4n) is 3.65. The van der Waals surface area contributed by atoms with Crippen molar-refractivity contribution in [1.82, 2.24) is 19.2 Å². The van der Waals surface area contributed by atoms with Gasteiger partial charge in [0.15, 0.2) is 0 Å². The minimum absolute atomic E-state index is 0.135. The second-order valence-electron chi connectivity index (χ2n) is 7.19. The molecule has 1 aromatic carbocycles. The first-order valence-corrected chi connectivity index (χ1v) is 9.67. The highest BCUT2D eigenvalue weighted by atomic mass is 35.5. The first kappa shape index (κ1) is 18.8. The number of halogens is 1. The Balaban J connectivity index is 1.79. The summed E-state index contributed by atoms with van der Waals surface area (Å²) in [6.07, 6.45) is 3.87. The molecule has 2 aromatic heterocycles. The third-order valence-corrected chi connectivity index (χ3v) is 5.69. The molecule has 1 fully saturated rings. The zero-order valence-corrected chi connectivity index (χ0v) is 16.7. The van der Waals surface area contributed by atoms with Crippen molar-refractivity contribution in [1.29, 1.82) is 0 Å². The summed E-state index contributed by atoms with van der Waals surface area (Å²) in [5.74, 6) is 0.135. The minimum Gasteiger partial charge on any atom is -0.508 e. The topological polar surface area (TPSA) is 70.0 Å². The predicted molar refractivity (Wildman–Crippen MR) is 113 cm³/mol. The number of imidazole rings is 1. The molecule has 0 radical (unpaired) electrons. The molecule has 7 heteroatoms. The first-order valence-electron chi connectivity index (χ1n) is 9.29. The SMILES string of the molecule is C=C(c1cnc2cc(CN)c(-c3ccc(O)cc3Cl)cn12)N1CCN(C)CC1. The van der Waals surface area contributed by atoms with E-state index in [1.165, 1.54) is 0 Å². The van der Waals surface area contributed by atoms with Gasteiger partial charge < -0.3 is 20.6 Å². The van der Waals surface area contributed by atoms with Crippen LogP contribution in [0.3, 0.4) is 0 Å². The Bertz CT molecular complexity index is 1040. The number of hydrogen-bond acceptors (Lipinski definition) is 5. The van der Waals surface area contributed by atoms with Gasteiger partial charge in [0.05, 0.1) is 22.6 Å². The van der Waals surface area contributed by atoms with Crippen molar-refractivity contribution in [3.8, 4) is 16.9 Å². The van der Waals surface area contributed by atoms with Gasteiger partial charge in [-0.1, -0.05) is 18.2 Å². The maximum atomic E-state index is 9.68. The predicted octanol–water partition coefficient (Wildman–Crippen LogP) is 3.04. The Morgan fingerprint density at radius 3 is 2.64 bits per heavy atom. The largest absolute Gasteiger partial charge is 0.508 e. The number of phenolic OH excluding ortho intramolecular Hbond substituents is 1. The molecule has 1 aliphatic heterocycles. The highest BCUT2D eigenvalue weighted by Gasteiger charge is 2.20. The van der Waals surface area contributed by atoms with Crippen LogP contribution in [0, 0.1) is 0 Å². The molecule has 6 nitrogen and oxygen atoms in total. The molecule has 0 bridgehead atoms. The summed E-state index contributed by atoms with van der Waals surface area (Å²) in [6, 6.07) is 6.96. The molecule has 0 spiro atoms. The number of phenols is 1. The Kier molecular flexibility index (Phi) is 5.02. The highest BCUT2D eigenvalue weighted by Crippen LogP contribution is 2.34. The standard InChI is InChI=1S/C21H24ClN5O/c1-14(26-7-5-25(2)6-8-26)20-12-24-21-9-15(11-23)18(13-27(20)21)17-4-3-16(28)10-19(17)22/h3-4,9-10,12-13,28H,1,5-8,11,23H2,2H3. The van der Waals surface area contributed by atoms with Gasteiger partial charge in [0.1, 0.15) is 11.4 Å². The Labute approximate surface area is 169 Å². The molecule has 0 unspecified atom stereocenters. The normalized spacial score (nSPS) is 15.3. The number of fused-ring (bicyclic) bond motifs is 1. The van der Waals surface area contributed by atoms with Crippen molar-refractivity contribution in [2.24, 2.45) is 5.73 Å². The number of hydrogen-bond donors (Lipinski definition) is 2. The summed E-state index contributed by atoms with van der Waals surface area (Å²) in [5.41, 5.74) is 11.4. The summed E-state index contributed by atoms with van der Waals surface area (Å²) < 4.78 is 2.04. The number of benzene rings is 1. The lowest BCUT2D eigenvalue weighted by Gasteiger charge is -2.35.